The van der Waals surface area contributed by atoms with Crippen LogP contribution in [0.15, 0.2) is 25.5 Å². The van der Waals surface area contributed by atoms with Crippen molar-refractivity contribution in [3.8, 4) is 0 Å². The first kappa shape index (κ1) is 6.91. The molecule has 2 rings (SSSR count). The highest BCUT2D eigenvalue weighted by atomic mass is 79.9. The molecule has 0 aromatic heterocycles. The molecule has 11 heavy (non-hydrogen) atoms. The monoisotopic (exact) mass is 211 g/mol. The van der Waals surface area contributed by atoms with E-state index in [0.29, 0.717) is 0 Å². The fraction of sp³-hybridized carbons (Fsp3) is 0.286. The molecule has 0 aromatic carbocycles. The molecule has 0 aliphatic carbocycles. The summed E-state index contributed by atoms with van der Waals surface area (Å²) in [5, 5.41) is 0. The van der Waals surface area contributed by atoms with Crippen LogP contribution in [0.4, 0.5) is 0 Å². The van der Waals surface area contributed by atoms with E-state index in [2.05, 4.69) is 30.9 Å². The second kappa shape index (κ2) is 2.37. The Kier molecular flexibility index (Phi) is 1.49. The highest BCUT2D eigenvalue weighted by molar-refractivity contribution is 9.12. The molecule has 56 valence electrons. The van der Waals surface area contributed by atoms with Gasteiger partial charge in [-0.3, -0.25) is 4.99 Å². The minimum absolute atomic E-state index is 0.0729. The average molecular weight is 212 g/mol. The van der Waals surface area contributed by atoms with Crippen molar-refractivity contribution in [2.75, 3.05) is 0 Å². The molecule has 0 amide bonds. The molecule has 0 fully saturated rings. The van der Waals surface area contributed by atoms with Gasteiger partial charge in [-0.05, 0) is 28.9 Å². The summed E-state index contributed by atoms with van der Waals surface area (Å²) in [5.74, 6) is 0. The maximum absolute atomic E-state index is 4.30. The first-order valence-electron chi connectivity index (χ1n) is 3.29. The highest BCUT2D eigenvalue weighted by Gasteiger charge is 2.20. The van der Waals surface area contributed by atoms with Gasteiger partial charge in [-0.15, -0.1) is 0 Å². The smallest absolute Gasteiger partial charge is 0.183 e. The topological polar surface area (TPSA) is 37.1 Å². The van der Waals surface area contributed by atoms with E-state index in [4.69, 9.17) is 0 Å². The summed E-state index contributed by atoms with van der Waals surface area (Å²) in [4.78, 5) is 12.4. The molecule has 4 heteroatoms. The van der Waals surface area contributed by atoms with E-state index >= 15 is 0 Å². The second-order valence-corrected chi connectivity index (χ2v) is 3.25. The molecule has 2 aliphatic heterocycles. The Hall–Kier alpha value is -0.770. The van der Waals surface area contributed by atoms with Crippen molar-refractivity contribution in [3.05, 3.63) is 10.6 Å². The lowest BCUT2D eigenvalue weighted by Gasteiger charge is -2.10. The number of hydrogen-bond acceptors (Lipinski definition) is 3. The van der Waals surface area contributed by atoms with E-state index in [1.165, 1.54) is 0 Å². The van der Waals surface area contributed by atoms with Gasteiger partial charge in [-0.1, -0.05) is 0 Å². The van der Waals surface area contributed by atoms with Gasteiger partial charge in [0.05, 0.1) is 5.71 Å². The molecule has 3 nitrogen and oxygen atoms in total. The minimum Gasteiger partial charge on any atom is -0.256 e. The van der Waals surface area contributed by atoms with Gasteiger partial charge in [0.25, 0.3) is 0 Å². The first-order valence-corrected chi connectivity index (χ1v) is 4.08. The van der Waals surface area contributed by atoms with Crippen LogP contribution in [0.5, 0.6) is 0 Å². The van der Waals surface area contributed by atoms with Crippen molar-refractivity contribution in [3.63, 3.8) is 0 Å². The van der Waals surface area contributed by atoms with Gasteiger partial charge in [0.15, 0.2) is 6.17 Å². The molecule has 0 unspecified atom stereocenters. The summed E-state index contributed by atoms with van der Waals surface area (Å²) in [6.45, 7) is 1.95. The molecule has 0 radical (unpaired) electrons. The van der Waals surface area contributed by atoms with E-state index in [0.717, 1.165) is 15.9 Å². The van der Waals surface area contributed by atoms with Crippen LogP contribution < -0.4 is 0 Å². The van der Waals surface area contributed by atoms with Crippen LogP contribution in [-0.4, -0.2) is 23.9 Å². The Morgan fingerprint density at radius 2 is 2.36 bits per heavy atom. The Balaban J connectivity index is 2.43. The Labute approximate surface area is 72.8 Å². The van der Waals surface area contributed by atoms with E-state index < -0.39 is 0 Å². The molecule has 0 saturated heterocycles. The minimum atomic E-state index is -0.0729. The maximum atomic E-state index is 4.30. The van der Waals surface area contributed by atoms with Crippen molar-refractivity contribution >= 4 is 33.7 Å². The second-order valence-electron chi connectivity index (χ2n) is 2.40. The van der Waals surface area contributed by atoms with E-state index in [9.17, 15) is 0 Å². The molecule has 1 atom stereocenters. The third kappa shape index (κ3) is 1.07. The lowest BCUT2D eigenvalue weighted by Crippen LogP contribution is -2.17. The highest BCUT2D eigenvalue weighted by Crippen LogP contribution is 2.18. The summed E-state index contributed by atoms with van der Waals surface area (Å²) in [6, 6.07) is 0. The van der Waals surface area contributed by atoms with Crippen molar-refractivity contribution in [2.45, 2.75) is 13.1 Å². The van der Waals surface area contributed by atoms with Gasteiger partial charge >= 0.3 is 0 Å². The lowest BCUT2D eigenvalue weighted by atomic mass is 10.2. The van der Waals surface area contributed by atoms with Gasteiger partial charge < -0.3 is 0 Å². The molecular formula is C7H6BrN3. The quantitative estimate of drug-likeness (QED) is 0.584. The number of halogens is 1. The number of nitrogens with zero attached hydrogens (tertiary/aromatic N) is 3. The largest absolute Gasteiger partial charge is 0.256 e. The summed E-state index contributed by atoms with van der Waals surface area (Å²) in [6.07, 6.45) is 3.44. The summed E-state index contributed by atoms with van der Waals surface area (Å²) >= 11 is 3.38. The number of allylic oxidation sites excluding steroid dienone is 1. The van der Waals surface area contributed by atoms with Crippen LogP contribution in [0, 0.1) is 0 Å². The van der Waals surface area contributed by atoms with Gasteiger partial charge in [-0.25, -0.2) is 9.98 Å². The fourth-order valence-electron chi connectivity index (χ4n) is 0.997. The van der Waals surface area contributed by atoms with Crippen molar-refractivity contribution in [1.82, 2.24) is 0 Å². The van der Waals surface area contributed by atoms with Gasteiger partial charge in [-0.2, -0.15) is 0 Å². The third-order valence-electron chi connectivity index (χ3n) is 1.62. The number of aliphatic imine (C=N–C) groups is 3. The number of rotatable bonds is 0. The first-order chi connectivity index (χ1) is 5.27. The van der Waals surface area contributed by atoms with E-state index in [1.807, 2.05) is 13.0 Å². The van der Waals surface area contributed by atoms with Crippen LogP contribution in [-0.2, 0) is 0 Å². The van der Waals surface area contributed by atoms with Crippen molar-refractivity contribution in [2.24, 2.45) is 15.0 Å². The van der Waals surface area contributed by atoms with Gasteiger partial charge in [0.1, 0.15) is 6.34 Å². The summed E-state index contributed by atoms with van der Waals surface area (Å²) < 4.78 is 0.998. The average Bonchev–Trinajstić information content (AvgIpc) is 2.36. The summed E-state index contributed by atoms with van der Waals surface area (Å²) in [5.41, 5.74) is 1.90. The fourth-order valence-corrected chi connectivity index (χ4v) is 1.33. The Bertz CT molecular complexity index is 312. The zero-order valence-corrected chi connectivity index (χ0v) is 7.54. The molecule has 0 bridgehead atoms. The van der Waals surface area contributed by atoms with Gasteiger partial charge in [0, 0.05) is 10.2 Å². The third-order valence-corrected chi connectivity index (χ3v) is 2.42. The molecule has 0 N–H and O–H groups in total. The van der Waals surface area contributed by atoms with Gasteiger partial charge in [0.2, 0.25) is 0 Å². The van der Waals surface area contributed by atoms with E-state index in [-0.39, 0.29) is 6.17 Å². The molecular weight excluding hydrogens is 206 g/mol. The zero-order valence-electron chi connectivity index (χ0n) is 5.95. The van der Waals surface area contributed by atoms with Crippen LogP contribution >= 0.6 is 15.9 Å². The predicted octanol–water partition coefficient (Wildman–Crippen LogP) is 1.55. The van der Waals surface area contributed by atoms with Crippen LogP contribution in [0.1, 0.15) is 6.92 Å². The Morgan fingerprint density at radius 3 is 3.18 bits per heavy atom. The molecule has 0 spiro atoms. The lowest BCUT2D eigenvalue weighted by molar-refractivity contribution is 0.945. The number of fused-ring (bicyclic) bond motifs is 1. The molecule has 2 heterocycles. The maximum Gasteiger partial charge on any atom is 0.183 e. The van der Waals surface area contributed by atoms with Crippen LogP contribution in [0.25, 0.3) is 0 Å². The number of dihydropyridines is 1. The van der Waals surface area contributed by atoms with Crippen LogP contribution in [0.2, 0.25) is 0 Å². The molecule has 0 saturated carbocycles. The van der Waals surface area contributed by atoms with Crippen molar-refractivity contribution < 1.29 is 0 Å². The molecule has 2 aliphatic rings. The zero-order chi connectivity index (χ0) is 7.84. The normalized spacial score (nSPS) is 27.5. The SMILES string of the molecule is CC1=N[C@H]2N=CN=C2C=C1Br. The summed E-state index contributed by atoms with van der Waals surface area (Å²) in [7, 11) is 0. The molecule has 0 aromatic rings. The van der Waals surface area contributed by atoms with Crippen molar-refractivity contribution in [1.29, 1.82) is 0 Å². The van der Waals surface area contributed by atoms with Crippen LogP contribution in [0.3, 0.4) is 0 Å². The standard InChI is InChI=1S/C7H6BrN3/c1-4-5(8)2-6-7(11-4)10-3-9-6/h2-3,7H,1H3/t7-/m1/s1. The van der Waals surface area contributed by atoms with E-state index in [1.54, 1.807) is 6.34 Å². The Morgan fingerprint density at radius 1 is 1.55 bits per heavy atom. The predicted molar refractivity (Wildman–Crippen MR) is 49.8 cm³/mol. The number of hydrogen-bond donors (Lipinski definition) is 0.